The van der Waals surface area contributed by atoms with Gasteiger partial charge >= 0.3 is 0 Å². The van der Waals surface area contributed by atoms with Crippen molar-refractivity contribution >= 4 is 17.3 Å². The maximum Gasteiger partial charge on any atom is 0.255 e. The van der Waals surface area contributed by atoms with Gasteiger partial charge in [0.1, 0.15) is 11.5 Å². The summed E-state index contributed by atoms with van der Waals surface area (Å²) in [5.74, 6) is 0.384. The van der Waals surface area contributed by atoms with Gasteiger partial charge in [0.15, 0.2) is 5.82 Å². The highest BCUT2D eigenvalue weighted by molar-refractivity contribution is 5.97. The number of ether oxygens (including phenoxy) is 1. The molecule has 0 aliphatic heterocycles. The van der Waals surface area contributed by atoms with Gasteiger partial charge in [-0.25, -0.2) is 0 Å². The highest BCUT2D eigenvalue weighted by Crippen LogP contribution is 2.26. The number of hydrogen-bond donors (Lipinski definition) is 3. The van der Waals surface area contributed by atoms with E-state index >= 15 is 0 Å². The Morgan fingerprint density at radius 1 is 1.19 bits per heavy atom. The van der Waals surface area contributed by atoms with Gasteiger partial charge in [0.25, 0.3) is 5.91 Å². The number of hydrogen-bond acceptors (Lipinski definition) is 8. The Bertz CT molecular complexity index is 908. The fourth-order valence-corrected chi connectivity index (χ4v) is 2.04. The molecule has 3 N–H and O–H groups in total. The molecule has 0 atom stereocenters. The molecule has 0 bridgehead atoms. The first-order chi connectivity index (χ1) is 12.7. The first-order valence-corrected chi connectivity index (χ1v) is 7.55. The molecule has 0 spiro atoms. The zero-order valence-corrected chi connectivity index (χ0v) is 13.7. The van der Waals surface area contributed by atoms with Gasteiger partial charge in [-0.1, -0.05) is 5.21 Å². The molecule has 3 aromatic rings. The molecule has 0 fully saturated rings. The molecule has 3 rings (SSSR count). The van der Waals surface area contributed by atoms with Gasteiger partial charge in [-0.2, -0.15) is 15.4 Å². The van der Waals surface area contributed by atoms with Crippen molar-refractivity contribution in [2.45, 2.75) is 6.54 Å². The lowest BCUT2D eigenvalue weighted by atomic mass is 10.1. The fraction of sp³-hybridized carbons (Fsp3) is 0.125. The van der Waals surface area contributed by atoms with Crippen LogP contribution in [0.4, 0.5) is 11.4 Å². The third-order valence-corrected chi connectivity index (χ3v) is 3.37. The molecular weight excluding hydrogens is 338 g/mol. The van der Waals surface area contributed by atoms with Crippen LogP contribution in [0.25, 0.3) is 0 Å². The number of amides is 1. The van der Waals surface area contributed by atoms with Crippen LogP contribution < -0.4 is 10.1 Å². The van der Waals surface area contributed by atoms with Crippen LogP contribution >= 0.6 is 0 Å². The van der Waals surface area contributed by atoms with E-state index in [1.807, 2.05) is 0 Å². The van der Waals surface area contributed by atoms with Crippen LogP contribution in [-0.2, 0) is 6.54 Å². The predicted octanol–water partition coefficient (Wildman–Crippen LogP) is 2.26. The highest BCUT2D eigenvalue weighted by Gasteiger charge is 2.12. The Labute approximate surface area is 147 Å². The molecule has 0 aliphatic rings. The average molecular weight is 353 g/mol. The minimum atomic E-state index is -0.492. The van der Waals surface area contributed by atoms with E-state index in [0.29, 0.717) is 22.9 Å². The highest BCUT2D eigenvalue weighted by atomic mass is 16.5. The molecule has 132 valence electrons. The number of azo groups is 1. The summed E-state index contributed by atoms with van der Waals surface area (Å²) in [6.45, 7) is 0.0758. The summed E-state index contributed by atoms with van der Waals surface area (Å²) in [4.78, 5) is 12.2. The first kappa shape index (κ1) is 17.0. The molecule has 2 aromatic carbocycles. The molecule has 0 aliphatic carbocycles. The van der Waals surface area contributed by atoms with Crippen LogP contribution in [0.5, 0.6) is 11.5 Å². The summed E-state index contributed by atoms with van der Waals surface area (Å²) in [5, 5.41) is 33.8. The van der Waals surface area contributed by atoms with E-state index in [2.05, 4.69) is 36.2 Å². The average Bonchev–Trinajstić information content (AvgIpc) is 3.19. The minimum Gasteiger partial charge on any atom is -0.507 e. The normalized spacial score (nSPS) is 10.8. The number of phenols is 1. The van der Waals surface area contributed by atoms with Gasteiger partial charge in [-0.3, -0.25) is 4.79 Å². The standard InChI is InChI=1S/C16H15N7O3/c1-26-12-5-2-10(3-6-12)18-19-11-4-7-14(24)13(8-11)16(25)17-9-15-20-22-23-21-15/h2-8,24H,9H2,1H3,(H,17,25)(H,20,21,22,23). The number of phenolic OH excluding ortho intramolecular Hbond substituents is 1. The van der Waals surface area contributed by atoms with Gasteiger partial charge in [0.2, 0.25) is 0 Å². The maximum absolute atomic E-state index is 12.2. The number of tetrazole rings is 1. The van der Waals surface area contributed by atoms with Crippen LogP contribution in [0.15, 0.2) is 52.7 Å². The number of methoxy groups -OCH3 is 1. The van der Waals surface area contributed by atoms with Crippen LogP contribution in [-0.4, -0.2) is 38.7 Å². The lowest BCUT2D eigenvalue weighted by molar-refractivity contribution is 0.0947. The first-order valence-electron chi connectivity index (χ1n) is 7.55. The second-order valence-electron chi connectivity index (χ2n) is 5.11. The fourth-order valence-electron chi connectivity index (χ4n) is 2.04. The second-order valence-corrected chi connectivity index (χ2v) is 5.11. The zero-order valence-electron chi connectivity index (χ0n) is 13.7. The summed E-state index contributed by atoms with van der Waals surface area (Å²) in [6.07, 6.45) is 0. The van der Waals surface area contributed by atoms with Crippen molar-refractivity contribution in [2.24, 2.45) is 10.2 Å². The number of benzene rings is 2. The summed E-state index contributed by atoms with van der Waals surface area (Å²) in [5.41, 5.74) is 1.12. The SMILES string of the molecule is COc1ccc(N=Nc2ccc(O)c(C(=O)NCc3nn[nH]n3)c2)cc1. The molecule has 1 amide bonds. The quantitative estimate of drug-likeness (QED) is 0.581. The molecular formula is C16H15N7O3. The Kier molecular flexibility index (Phi) is 5.13. The molecule has 26 heavy (non-hydrogen) atoms. The lowest BCUT2D eigenvalue weighted by Gasteiger charge is -2.05. The molecule has 1 aromatic heterocycles. The molecule has 0 saturated heterocycles. The van der Waals surface area contributed by atoms with Crippen molar-refractivity contribution in [1.29, 1.82) is 0 Å². The number of rotatable bonds is 6. The van der Waals surface area contributed by atoms with Crippen LogP contribution in [0.2, 0.25) is 0 Å². The molecule has 10 heteroatoms. The van der Waals surface area contributed by atoms with E-state index in [9.17, 15) is 9.90 Å². The van der Waals surface area contributed by atoms with E-state index in [4.69, 9.17) is 4.74 Å². The zero-order chi connectivity index (χ0) is 18.4. The predicted molar refractivity (Wildman–Crippen MR) is 90.6 cm³/mol. The van der Waals surface area contributed by atoms with Crippen molar-refractivity contribution in [3.8, 4) is 11.5 Å². The van der Waals surface area contributed by atoms with Crippen LogP contribution in [0, 0.1) is 0 Å². The van der Waals surface area contributed by atoms with E-state index in [1.165, 1.54) is 12.1 Å². The lowest BCUT2D eigenvalue weighted by Crippen LogP contribution is -2.23. The Hall–Kier alpha value is -3.82. The number of nitrogens with one attached hydrogen (secondary N) is 2. The number of H-pyrrole nitrogens is 1. The number of aromatic hydroxyl groups is 1. The molecule has 10 nitrogen and oxygen atoms in total. The smallest absolute Gasteiger partial charge is 0.255 e. The number of aromatic amines is 1. The van der Waals surface area contributed by atoms with E-state index in [1.54, 1.807) is 37.4 Å². The summed E-state index contributed by atoms with van der Waals surface area (Å²) >= 11 is 0. The van der Waals surface area contributed by atoms with E-state index < -0.39 is 5.91 Å². The number of nitrogens with zero attached hydrogens (tertiary/aromatic N) is 5. The van der Waals surface area contributed by atoms with Crippen molar-refractivity contribution in [1.82, 2.24) is 25.9 Å². The summed E-state index contributed by atoms with van der Waals surface area (Å²) < 4.78 is 5.08. The molecule has 0 saturated carbocycles. The number of carbonyl (C=O) groups is 1. The van der Waals surface area contributed by atoms with E-state index in [-0.39, 0.29) is 17.9 Å². The number of aromatic nitrogens is 4. The summed E-state index contributed by atoms with van der Waals surface area (Å²) in [7, 11) is 1.58. The van der Waals surface area contributed by atoms with E-state index in [0.717, 1.165) is 0 Å². The second kappa shape index (κ2) is 7.83. The van der Waals surface area contributed by atoms with Crippen molar-refractivity contribution < 1.29 is 14.6 Å². The van der Waals surface area contributed by atoms with Crippen molar-refractivity contribution in [2.75, 3.05) is 7.11 Å². The molecule has 1 heterocycles. The van der Waals surface area contributed by atoms with Crippen molar-refractivity contribution in [3.05, 3.63) is 53.9 Å². The minimum absolute atomic E-state index is 0.0691. The van der Waals surface area contributed by atoms with Gasteiger partial charge in [0, 0.05) is 0 Å². The monoisotopic (exact) mass is 353 g/mol. The molecule has 0 radical (unpaired) electrons. The van der Waals surface area contributed by atoms with Gasteiger partial charge < -0.3 is 15.2 Å². The Morgan fingerprint density at radius 3 is 2.62 bits per heavy atom. The largest absolute Gasteiger partial charge is 0.507 e. The van der Waals surface area contributed by atoms with Crippen LogP contribution in [0.1, 0.15) is 16.2 Å². The van der Waals surface area contributed by atoms with Crippen LogP contribution in [0.3, 0.4) is 0 Å². The third kappa shape index (κ3) is 4.17. The van der Waals surface area contributed by atoms with Gasteiger partial charge in [-0.05, 0) is 42.5 Å². The number of carbonyl (C=O) groups excluding carboxylic acids is 1. The third-order valence-electron chi connectivity index (χ3n) is 3.37. The van der Waals surface area contributed by atoms with Gasteiger partial charge in [0.05, 0.1) is 30.6 Å². The van der Waals surface area contributed by atoms with Gasteiger partial charge in [-0.15, -0.1) is 10.2 Å². The topological polar surface area (TPSA) is 138 Å². The maximum atomic E-state index is 12.2. The molecule has 0 unspecified atom stereocenters. The van der Waals surface area contributed by atoms with Crippen molar-refractivity contribution in [3.63, 3.8) is 0 Å². The Morgan fingerprint density at radius 2 is 1.92 bits per heavy atom. The summed E-state index contributed by atoms with van der Waals surface area (Å²) in [6, 6.07) is 11.4. The Balaban J connectivity index is 1.71.